The molecule has 2 unspecified atom stereocenters. The summed E-state index contributed by atoms with van der Waals surface area (Å²) in [7, 11) is 4.80. The number of nitrogens with zero attached hydrogens (tertiary/aromatic N) is 1. The number of nitrogens with two attached hydrogens (primary N) is 1. The van der Waals surface area contributed by atoms with Gasteiger partial charge in [0.25, 0.3) is 0 Å². The van der Waals surface area contributed by atoms with Gasteiger partial charge in [-0.3, -0.25) is 14.4 Å². The molecule has 7 N–H and O–H groups in total. The first kappa shape index (κ1) is 30.7. The van der Waals surface area contributed by atoms with E-state index in [1.54, 1.807) is 32.2 Å². The van der Waals surface area contributed by atoms with Gasteiger partial charge in [0.05, 0.1) is 18.8 Å². The highest BCUT2D eigenvalue weighted by Gasteiger charge is 2.67. The van der Waals surface area contributed by atoms with E-state index in [-0.39, 0.29) is 35.8 Å². The number of likely N-dealkylation sites (N-methyl/N-ethyl adjacent to an activating group) is 1. The average Bonchev–Trinajstić information content (AvgIpc) is 2.93. The molecular formula is C32H39N3O8. The van der Waals surface area contributed by atoms with Crippen LogP contribution in [0.3, 0.4) is 0 Å². The van der Waals surface area contributed by atoms with Gasteiger partial charge < -0.3 is 41.1 Å². The Balaban J connectivity index is 1.68. The first-order valence-electron chi connectivity index (χ1n) is 14.4. The van der Waals surface area contributed by atoms with Crippen molar-refractivity contribution >= 4 is 23.2 Å². The SMILES string of the molecule is COc1ccc(CNC(C)C)cc1-c1ccc(O)c2c1C[C@H]1C[C@H]3[C@H](N(C)C)C(O)C(C(N)=O)C(=O)[C@@]3(O)C(=O)C1=C2O. The quantitative estimate of drug-likeness (QED) is 0.256. The highest BCUT2D eigenvalue weighted by molar-refractivity contribution is 6.25. The zero-order valence-corrected chi connectivity index (χ0v) is 24.9. The normalized spacial score (nSPS) is 28.5. The number of carbonyl (C=O) groups excluding carboxylic acids is 3. The van der Waals surface area contributed by atoms with E-state index in [1.165, 1.54) is 6.07 Å². The number of phenols is 1. The van der Waals surface area contributed by atoms with E-state index < -0.39 is 58.7 Å². The summed E-state index contributed by atoms with van der Waals surface area (Å²) in [5, 5.41) is 48.8. The van der Waals surface area contributed by atoms with Crippen LogP contribution in [0.1, 0.15) is 37.0 Å². The fourth-order valence-corrected chi connectivity index (χ4v) is 7.25. The van der Waals surface area contributed by atoms with Gasteiger partial charge in [0.2, 0.25) is 11.7 Å². The van der Waals surface area contributed by atoms with Crippen molar-refractivity contribution in [2.75, 3.05) is 21.2 Å². The Bertz CT molecular complexity index is 1530. The number of ether oxygens (including phenoxy) is 1. The molecule has 0 bridgehead atoms. The molecule has 11 heteroatoms. The summed E-state index contributed by atoms with van der Waals surface area (Å²) in [6, 6.07) is 8.25. The van der Waals surface area contributed by atoms with Crippen molar-refractivity contribution in [2.24, 2.45) is 23.5 Å². The number of methoxy groups -OCH3 is 1. The molecule has 5 rings (SSSR count). The fraction of sp³-hybridized carbons (Fsp3) is 0.469. The van der Waals surface area contributed by atoms with Crippen molar-refractivity contribution in [1.82, 2.24) is 10.2 Å². The molecule has 3 aliphatic carbocycles. The standard InChI is InChI=1S/C32H39N3O8/c1-14(2)34-13-15-6-9-22(43-5)18(10-15)17-7-8-21(36)24-19(17)11-16-12-20-26(35(3)4)28(38)25(31(33)41)30(40)32(20,42)29(39)23(16)27(24)37/h6-10,14,16,20,25-26,28,34,36-38,42H,11-13H2,1-5H3,(H2,33,41)/t16-,20-,25?,26-,28?,32-/m0/s1. The molecule has 0 radical (unpaired) electrons. The van der Waals surface area contributed by atoms with E-state index in [0.29, 0.717) is 23.4 Å². The number of benzene rings is 2. The second kappa shape index (κ2) is 11.1. The highest BCUT2D eigenvalue weighted by atomic mass is 16.5. The van der Waals surface area contributed by atoms with E-state index in [2.05, 4.69) is 5.32 Å². The molecule has 2 aromatic rings. The molecule has 43 heavy (non-hydrogen) atoms. The molecule has 2 saturated carbocycles. The zero-order chi connectivity index (χ0) is 31.5. The maximum atomic E-state index is 14.1. The topological polar surface area (TPSA) is 183 Å². The van der Waals surface area contributed by atoms with Crippen molar-refractivity contribution < 1.29 is 39.5 Å². The summed E-state index contributed by atoms with van der Waals surface area (Å²) >= 11 is 0. The van der Waals surface area contributed by atoms with Crippen LogP contribution in [0, 0.1) is 17.8 Å². The lowest BCUT2D eigenvalue weighted by atomic mass is 9.54. The first-order chi connectivity index (χ1) is 20.2. The Hall–Kier alpha value is -3.77. The minimum absolute atomic E-state index is 0.0332. The van der Waals surface area contributed by atoms with Crippen molar-refractivity contribution in [2.45, 2.75) is 57.0 Å². The molecular weight excluding hydrogens is 554 g/mol. The van der Waals surface area contributed by atoms with Gasteiger partial charge in [0.1, 0.15) is 23.2 Å². The number of carbonyl (C=O) groups is 3. The number of aliphatic hydroxyl groups excluding tert-OH is 2. The molecule has 0 saturated heterocycles. The summed E-state index contributed by atoms with van der Waals surface area (Å²) in [4.78, 5) is 41.4. The van der Waals surface area contributed by atoms with Crippen LogP contribution in [0.15, 0.2) is 35.9 Å². The average molecular weight is 594 g/mol. The lowest BCUT2D eigenvalue weighted by Gasteiger charge is -2.53. The summed E-state index contributed by atoms with van der Waals surface area (Å²) in [5.74, 6) is -7.15. The highest BCUT2D eigenvalue weighted by Crippen LogP contribution is 2.53. The molecule has 0 heterocycles. The number of rotatable bonds is 7. The third kappa shape index (κ3) is 4.71. The van der Waals surface area contributed by atoms with E-state index in [1.807, 2.05) is 32.0 Å². The summed E-state index contributed by atoms with van der Waals surface area (Å²) < 4.78 is 5.68. The van der Waals surface area contributed by atoms with Crippen molar-refractivity contribution in [3.8, 4) is 22.6 Å². The largest absolute Gasteiger partial charge is 0.507 e. The van der Waals surface area contributed by atoms with Crippen LogP contribution in [0.4, 0.5) is 0 Å². The molecule has 2 aromatic carbocycles. The van der Waals surface area contributed by atoms with Gasteiger partial charge in [-0.1, -0.05) is 26.0 Å². The lowest BCUT2D eigenvalue weighted by Crippen LogP contribution is -2.73. The Labute approximate surface area is 250 Å². The molecule has 2 fully saturated rings. The molecule has 230 valence electrons. The van der Waals surface area contributed by atoms with Gasteiger partial charge >= 0.3 is 0 Å². The molecule has 1 amide bonds. The maximum absolute atomic E-state index is 14.1. The maximum Gasteiger partial charge on any atom is 0.230 e. The first-order valence-corrected chi connectivity index (χ1v) is 14.4. The Morgan fingerprint density at radius 1 is 1.16 bits per heavy atom. The van der Waals surface area contributed by atoms with Crippen LogP contribution >= 0.6 is 0 Å². The molecule has 0 spiro atoms. The molecule has 11 nitrogen and oxygen atoms in total. The number of nitrogens with one attached hydrogen (secondary N) is 1. The Kier molecular flexibility index (Phi) is 7.89. The number of hydrogen-bond donors (Lipinski definition) is 6. The van der Waals surface area contributed by atoms with Crippen LogP contribution in [0.2, 0.25) is 0 Å². The molecule has 0 aliphatic heterocycles. The second-order valence-corrected chi connectivity index (χ2v) is 12.3. The van der Waals surface area contributed by atoms with Crippen LogP contribution in [0.5, 0.6) is 11.5 Å². The monoisotopic (exact) mass is 593 g/mol. The summed E-state index contributed by atoms with van der Waals surface area (Å²) in [6.07, 6.45) is -1.31. The van der Waals surface area contributed by atoms with Crippen molar-refractivity contribution in [3.63, 3.8) is 0 Å². The smallest absolute Gasteiger partial charge is 0.230 e. The fourth-order valence-electron chi connectivity index (χ4n) is 7.25. The van der Waals surface area contributed by atoms with Gasteiger partial charge in [0, 0.05) is 35.7 Å². The minimum atomic E-state index is -2.70. The van der Waals surface area contributed by atoms with E-state index in [9.17, 15) is 34.8 Å². The van der Waals surface area contributed by atoms with E-state index in [4.69, 9.17) is 10.5 Å². The number of amides is 1. The number of ketones is 2. The van der Waals surface area contributed by atoms with Crippen molar-refractivity contribution in [1.29, 1.82) is 0 Å². The molecule has 0 aromatic heterocycles. The second-order valence-electron chi connectivity index (χ2n) is 12.3. The van der Waals surface area contributed by atoms with E-state index in [0.717, 1.165) is 11.1 Å². The van der Waals surface area contributed by atoms with Crippen LogP contribution < -0.4 is 15.8 Å². The number of phenolic OH excluding ortho intramolecular Hbond substituents is 1. The van der Waals surface area contributed by atoms with Gasteiger partial charge in [-0.2, -0.15) is 0 Å². The number of Topliss-reactive ketones (excluding diaryl/α,β-unsaturated/α-hetero) is 2. The third-order valence-electron chi connectivity index (χ3n) is 9.24. The predicted molar refractivity (Wildman–Crippen MR) is 158 cm³/mol. The van der Waals surface area contributed by atoms with Gasteiger partial charge in [-0.25, -0.2) is 0 Å². The number of fused-ring (bicyclic) bond motifs is 3. The van der Waals surface area contributed by atoms with Gasteiger partial charge in [0.15, 0.2) is 11.4 Å². The van der Waals surface area contributed by atoms with Crippen LogP contribution in [0.25, 0.3) is 16.9 Å². The lowest BCUT2D eigenvalue weighted by molar-refractivity contribution is -0.184. The van der Waals surface area contributed by atoms with Crippen LogP contribution in [-0.4, -0.2) is 87.8 Å². The summed E-state index contributed by atoms with van der Waals surface area (Å²) in [6.45, 7) is 4.71. The van der Waals surface area contributed by atoms with Gasteiger partial charge in [-0.15, -0.1) is 0 Å². The zero-order valence-electron chi connectivity index (χ0n) is 24.9. The number of hydrogen-bond acceptors (Lipinski definition) is 10. The predicted octanol–water partition coefficient (Wildman–Crippen LogP) is 1.30. The molecule has 6 atom stereocenters. The van der Waals surface area contributed by atoms with Gasteiger partial charge in [-0.05, 0) is 67.7 Å². The minimum Gasteiger partial charge on any atom is -0.507 e. The molecule has 3 aliphatic rings. The van der Waals surface area contributed by atoms with E-state index >= 15 is 0 Å². The summed E-state index contributed by atoms with van der Waals surface area (Å²) in [5.41, 5.74) is 5.59. The number of primary amides is 1. The third-order valence-corrected chi connectivity index (χ3v) is 9.24. The van der Waals surface area contributed by atoms with Crippen LogP contribution in [-0.2, 0) is 27.3 Å². The number of aliphatic hydroxyl groups is 3. The van der Waals surface area contributed by atoms with Crippen molar-refractivity contribution in [3.05, 3.63) is 52.6 Å². The Morgan fingerprint density at radius 2 is 1.86 bits per heavy atom. The number of aromatic hydroxyl groups is 1. The Morgan fingerprint density at radius 3 is 2.47 bits per heavy atom.